The molecule has 0 unspecified atom stereocenters. The van der Waals surface area contributed by atoms with E-state index in [-0.39, 0.29) is 11.6 Å². The molecule has 1 aliphatic heterocycles. The highest BCUT2D eigenvalue weighted by molar-refractivity contribution is 5.76. The smallest absolute Gasteiger partial charge is 0.269 e. The minimum atomic E-state index is -0.420. The lowest BCUT2D eigenvalue weighted by Crippen LogP contribution is -2.40. The van der Waals surface area contributed by atoms with E-state index >= 15 is 0 Å². The molecule has 1 saturated heterocycles. The van der Waals surface area contributed by atoms with Crippen molar-refractivity contribution in [2.75, 3.05) is 31.5 Å². The molecule has 2 rings (SSSR count). The number of carbonyl (C=O) groups excluding carboxylic acids is 1. The van der Waals surface area contributed by atoms with Gasteiger partial charge >= 0.3 is 0 Å². The summed E-state index contributed by atoms with van der Waals surface area (Å²) < 4.78 is 0. The van der Waals surface area contributed by atoms with Crippen molar-refractivity contribution in [1.82, 2.24) is 4.90 Å². The Kier molecular flexibility index (Phi) is 6.34. The number of hydrogen-bond acceptors (Lipinski definition) is 5. The van der Waals surface area contributed by atoms with Crippen LogP contribution >= 0.6 is 0 Å². The fourth-order valence-electron chi connectivity index (χ4n) is 2.75. The number of anilines is 1. The van der Waals surface area contributed by atoms with E-state index in [1.54, 1.807) is 12.1 Å². The fourth-order valence-corrected chi connectivity index (χ4v) is 2.75. The molecular formula is C16H24N4O3. The van der Waals surface area contributed by atoms with Crippen LogP contribution in [0.25, 0.3) is 0 Å². The number of rotatable bonds is 7. The number of likely N-dealkylation sites (tertiary alicyclic amines) is 1. The maximum Gasteiger partial charge on any atom is 0.269 e. The first-order chi connectivity index (χ1) is 11.1. The summed E-state index contributed by atoms with van der Waals surface area (Å²) in [6.45, 7) is 3.01. The van der Waals surface area contributed by atoms with Gasteiger partial charge in [0.15, 0.2) is 0 Å². The van der Waals surface area contributed by atoms with Crippen LogP contribution in [-0.2, 0) is 4.79 Å². The van der Waals surface area contributed by atoms with Crippen LogP contribution in [0.1, 0.15) is 25.7 Å². The summed E-state index contributed by atoms with van der Waals surface area (Å²) in [6, 6.07) is 6.29. The Labute approximate surface area is 136 Å². The molecule has 0 radical (unpaired) electrons. The molecule has 0 aromatic heterocycles. The van der Waals surface area contributed by atoms with E-state index < -0.39 is 4.92 Å². The Hall–Kier alpha value is -2.15. The Morgan fingerprint density at radius 3 is 2.52 bits per heavy atom. The molecule has 1 aromatic rings. The van der Waals surface area contributed by atoms with Crippen LogP contribution < -0.4 is 11.1 Å². The average molecular weight is 320 g/mol. The van der Waals surface area contributed by atoms with Crippen molar-refractivity contribution in [1.29, 1.82) is 0 Å². The molecule has 0 saturated carbocycles. The quantitative estimate of drug-likeness (QED) is 0.454. The largest absolute Gasteiger partial charge is 0.385 e. The van der Waals surface area contributed by atoms with E-state index in [1.165, 1.54) is 12.1 Å². The number of amides is 1. The fraction of sp³-hybridized carbons (Fsp3) is 0.562. The molecule has 7 heteroatoms. The van der Waals surface area contributed by atoms with Gasteiger partial charge in [-0.25, -0.2) is 0 Å². The second kappa shape index (κ2) is 8.47. The van der Waals surface area contributed by atoms with Gasteiger partial charge in [-0.3, -0.25) is 14.9 Å². The Balaban J connectivity index is 1.65. The number of carbonyl (C=O) groups is 1. The highest BCUT2D eigenvalue weighted by Gasteiger charge is 2.21. The van der Waals surface area contributed by atoms with Gasteiger partial charge in [0.2, 0.25) is 5.91 Å². The summed E-state index contributed by atoms with van der Waals surface area (Å²) in [5.41, 5.74) is 6.56. The highest BCUT2D eigenvalue weighted by Crippen LogP contribution is 2.17. The maximum absolute atomic E-state index is 12.1. The topological polar surface area (TPSA) is 102 Å². The molecule has 0 aliphatic carbocycles. The lowest BCUT2D eigenvalue weighted by molar-refractivity contribution is -0.384. The van der Waals surface area contributed by atoms with Crippen molar-refractivity contribution in [3.63, 3.8) is 0 Å². The zero-order valence-corrected chi connectivity index (χ0v) is 13.2. The second-order valence-electron chi connectivity index (χ2n) is 5.89. The normalized spacial score (nSPS) is 15.4. The number of piperidine rings is 1. The monoisotopic (exact) mass is 320 g/mol. The summed E-state index contributed by atoms with van der Waals surface area (Å²) in [7, 11) is 0. The molecule has 1 aliphatic rings. The summed E-state index contributed by atoms with van der Waals surface area (Å²) in [6.07, 6.45) is 3.27. The minimum Gasteiger partial charge on any atom is -0.385 e. The summed E-state index contributed by atoms with van der Waals surface area (Å²) in [5.74, 6) is 0.758. The van der Waals surface area contributed by atoms with Crippen LogP contribution in [0.3, 0.4) is 0 Å². The van der Waals surface area contributed by atoms with Gasteiger partial charge in [0, 0.05) is 43.9 Å². The van der Waals surface area contributed by atoms with Crippen molar-refractivity contribution in [3.05, 3.63) is 34.4 Å². The number of nitro groups is 1. The third-order valence-electron chi connectivity index (χ3n) is 4.28. The number of nitrogens with two attached hydrogens (primary N) is 1. The van der Waals surface area contributed by atoms with E-state index in [2.05, 4.69) is 5.32 Å². The van der Waals surface area contributed by atoms with E-state index in [1.807, 2.05) is 4.90 Å². The molecule has 1 fully saturated rings. The molecule has 7 nitrogen and oxygen atoms in total. The van der Waals surface area contributed by atoms with Gasteiger partial charge in [-0.1, -0.05) is 0 Å². The molecule has 23 heavy (non-hydrogen) atoms. The van der Waals surface area contributed by atoms with Crippen LogP contribution in [0.4, 0.5) is 11.4 Å². The van der Waals surface area contributed by atoms with Crippen LogP contribution in [0, 0.1) is 16.0 Å². The van der Waals surface area contributed by atoms with E-state index in [0.29, 0.717) is 25.4 Å². The number of nitrogens with one attached hydrogen (secondary N) is 1. The third kappa shape index (κ3) is 5.21. The van der Waals surface area contributed by atoms with Gasteiger partial charge in [0.1, 0.15) is 0 Å². The predicted octanol–water partition coefficient (Wildman–Crippen LogP) is 1.98. The summed E-state index contributed by atoms with van der Waals surface area (Å²) >= 11 is 0. The van der Waals surface area contributed by atoms with Gasteiger partial charge in [-0.2, -0.15) is 0 Å². The van der Waals surface area contributed by atoms with Crippen molar-refractivity contribution in [2.45, 2.75) is 25.7 Å². The molecule has 1 amide bonds. The number of nitrogens with zero attached hydrogens (tertiary/aromatic N) is 2. The van der Waals surface area contributed by atoms with Crippen LogP contribution in [0.15, 0.2) is 24.3 Å². The zero-order chi connectivity index (χ0) is 16.7. The number of nitro benzene ring substituents is 1. The Morgan fingerprint density at radius 2 is 1.96 bits per heavy atom. The molecule has 126 valence electrons. The molecule has 1 heterocycles. The average Bonchev–Trinajstić information content (AvgIpc) is 2.59. The first-order valence-electron chi connectivity index (χ1n) is 8.06. The summed E-state index contributed by atoms with van der Waals surface area (Å²) in [5, 5.41) is 13.7. The lowest BCUT2D eigenvalue weighted by atomic mass is 9.97. The van der Waals surface area contributed by atoms with Crippen molar-refractivity contribution in [3.8, 4) is 0 Å². The van der Waals surface area contributed by atoms with E-state index in [9.17, 15) is 14.9 Å². The molecule has 1 aromatic carbocycles. The van der Waals surface area contributed by atoms with Gasteiger partial charge < -0.3 is 16.0 Å². The van der Waals surface area contributed by atoms with Gasteiger partial charge in [-0.15, -0.1) is 0 Å². The van der Waals surface area contributed by atoms with Crippen LogP contribution in [0.2, 0.25) is 0 Å². The maximum atomic E-state index is 12.1. The highest BCUT2D eigenvalue weighted by atomic mass is 16.6. The van der Waals surface area contributed by atoms with Gasteiger partial charge in [0.25, 0.3) is 5.69 Å². The van der Waals surface area contributed by atoms with Crippen molar-refractivity contribution < 1.29 is 9.72 Å². The Bertz CT molecular complexity index is 525. The molecule has 0 atom stereocenters. The van der Waals surface area contributed by atoms with E-state index in [0.717, 1.165) is 38.0 Å². The van der Waals surface area contributed by atoms with Crippen molar-refractivity contribution in [2.24, 2.45) is 11.7 Å². The summed E-state index contributed by atoms with van der Waals surface area (Å²) in [4.78, 5) is 24.2. The third-order valence-corrected chi connectivity index (χ3v) is 4.28. The SMILES string of the molecule is NCC1CCN(C(=O)CCCNc2ccc([N+](=O)[O-])cc2)CC1. The van der Waals surface area contributed by atoms with Crippen molar-refractivity contribution >= 4 is 17.3 Å². The standard InChI is InChI=1S/C16H24N4O3/c17-12-13-7-10-19(11-8-13)16(21)2-1-9-18-14-3-5-15(6-4-14)20(22)23/h3-6,13,18H,1-2,7-12,17H2. The molecular weight excluding hydrogens is 296 g/mol. The first-order valence-corrected chi connectivity index (χ1v) is 8.06. The van der Waals surface area contributed by atoms with E-state index in [4.69, 9.17) is 5.73 Å². The first kappa shape index (κ1) is 17.2. The zero-order valence-electron chi connectivity index (χ0n) is 13.2. The van der Waals surface area contributed by atoms with Crippen LogP contribution in [0.5, 0.6) is 0 Å². The number of hydrogen-bond donors (Lipinski definition) is 2. The Morgan fingerprint density at radius 1 is 1.30 bits per heavy atom. The predicted molar refractivity (Wildman–Crippen MR) is 89.2 cm³/mol. The lowest BCUT2D eigenvalue weighted by Gasteiger charge is -2.31. The molecule has 0 bridgehead atoms. The number of benzene rings is 1. The molecule has 3 N–H and O–H groups in total. The van der Waals surface area contributed by atoms with Crippen LogP contribution in [-0.4, -0.2) is 41.9 Å². The molecule has 0 spiro atoms. The minimum absolute atomic E-state index is 0.0756. The van der Waals surface area contributed by atoms with Gasteiger partial charge in [-0.05, 0) is 43.9 Å². The number of non-ortho nitro benzene ring substituents is 1. The van der Waals surface area contributed by atoms with Gasteiger partial charge in [0.05, 0.1) is 4.92 Å². The second-order valence-corrected chi connectivity index (χ2v) is 5.89.